The summed E-state index contributed by atoms with van der Waals surface area (Å²) in [6, 6.07) is 0. The van der Waals surface area contributed by atoms with E-state index in [4.69, 9.17) is 4.74 Å². The third-order valence-electron chi connectivity index (χ3n) is 2.84. The van der Waals surface area contributed by atoms with Crippen molar-refractivity contribution < 1.29 is 17.9 Å². The zero-order chi connectivity index (χ0) is 14.1. The molecule has 1 aliphatic rings. The van der Waals surface area contributed by atoms with E-state index in [0.29, 0.717) is 13.2 Å². The summed E-state index contributed by atoms with van der Waals surface area (Å²) < 4.78 is 31.3. The first-order valence-corrected chi connectivity index (χ1v) is 8.19. The molecule has 7 nitrogen and oxygen atoms in total. The lowest BCUT2D eigenvalue weighted by atomic mass is 10.1. The van der Waals surface area contributed by atoms with Crippen LogP contribution < -0.4 is 15.4 Å². The highest BCUT2D eigenvalue weighted by atomic mass is 32.2. The molecule has 0 bridgehead atoms. The van der Waals surface area contributed by atoms with Gasteiger partial charge in [0.25, 0.3) is 0 Å². The second kappa shape index (κ2) is 8.47. The maximum absolute atomic E-state index is 11.7. The first-order chi connectivity index (χ1) is 9.03. The molecule has 1 atom stereocenters. The summed E-state index contributed by atoms with van der Waals surface area (Å²) in [6.07, 6.45) is 2.98. The Kier molecular flexibility index (Phi) is 7.29. The van der Waals surface area contributed by atoms with Crippen molar-refractivity contribution in [1.29, 1.82) is 0 Å². The van der Waals surface area contributed by atoms with Crippen molar-refractivity contribution in [1.82, 2.24) is 15.4 Å². The minimum Gasteiger partial charge on any atom is -0.377 e. The molecule has 1 aliphatic heterocycles. The Hall–Kier alpha value is -0.700. The normalized spacial score (nSPS) is 20.2. The molecule has 1 unspecified atom stereocenters. The number of hydrogen-bond donors (Lipinski definition) is 3. The van der Waals surface area contributed by atoms with Crippen LogP contribution >= 0.6 is 0 Å². The Bertz CT molecular complexity index is 366. The van der Waals surface area contributed by atoms with Crippen LogP contribution in [-0.4, -0.2) is 59.5 Å². The van der Waals surface area contributed by atoms with E-state index >= 15 is 0 Å². The molecule has 1 saturated heterocycles. The van der Waals surface area contributed by atoms with Crippen molar-refractivity contribution in [2.24, 2.45) is 0 Å². The molecule has 1 amide bonds. The van der Waals surface area contributed by atoms with Crippen LogP contribution in [0.25, 0.3) is 0 Å². The minimum absolute atomic E-state index is 0.0255. The van der Waals surface area contributed by atoms with Gasteiger partial charge >= 0.3 is 0 Å². The fraction of sp³-hybridized carbons (Fsp3) is 0.909. The molecule has 0 aromatic carbocycles. The summed E-state index contributed by atoms with van der Waals surface area (Å²) in [4.78, 5) is 11.1. The van der Waals surface area contributed by atoms with Crippen molar-refractivity contribution in [3.63, 3.8) is 0 Å². The van der Waals surface area contributed by atoms with Crippen molar-refractivity contribution in [2.45, 2.75) is 25.4 Å². The van der Waals surface area contributed by atoms with E-state index in [9.17, 15) is 13.2 Å². The highest BCUT2D eigenvalue weighted by Crippen LogP contribution is 2.11. The molecule has 0 spiro atoms. The van der Waals surface area contributed by atoms with E-state index in [1.165, 1.54) is 0 Å². The van der Waals surface area contributed by atoms with E-state index in [2.05, 4.69) is 15.4 Å². The van der Waals surface area contributed by atoms with Gasteiger partial charge in [0.15, 0.2) is 0 Å². The molecule has 8 heteroatoms. The van der Waals surface area contributed by atoms with Crippen LogP contribution in [-0.2, 0) is 19.6 Å². The topological polar surface area (TPSA) is 96.5 Å². The Morgan fingerprint density at radius 3 is 2.79 bits per heavy atom. The molecular formula is C11H23N3O4S. The van der Waals surface area contributed by atoms with Crippen LogP contribution in [0.2, 0.25) is 0 Å². The maximum Gasteiger partial charge on any atom is 0.233 e. The number of carbonyl (C=O) groups excluding carboxylic acids is 1. The second-order valence-corrected chi connectivity index (χ2v) is 6.46. The average molecular weight is 293 g/mol. The number of carbonyl (C=O) groups is 1. The summed E-state index contributed by atoms with van der Waals surface area (Å²) >= 11 is 0. The lowest BCUT2D eigenvalue weighted by molar-refractivity contribution is -0.120. The van der Waals surface area contributed by atoms with E-state index in [-0.39, 0.29) is 30.9 Å². The lowest BCUT2D eigenvalue weighted by Crippen LogP contribution is -2.40. The average Bonchev–Trinajstić information content (AvgIpc) is 2.38. The number of hydrogen-bond acceptors (Lipinski definition) is 5. The monoisotopic (exact) mass is 293 g/mol. The van der Waals surface area contributed by atoms with Gasteiger partial charge in [-0.1, -0.05) is 0 Å². The fourth-order valence-electron chi connectivity index (χ4n) is 1.81. The van der Waals surface area contributed by atoms with Gasteiger partial charge in [-0.25, -0.2) is 13.1 Å². The van der Waals surface area contributed by atoms with Crippen molar-refractivity contribution in [2.75, 3.05) is 39.0 Å². The molecule has 1 rings (SSSR count). The number of nitrogens with one attached hydrogen (secondary N) is 3. The molecule has 1 fully saturated rings. The summed E-state index contributed by atoms with van der Waals surface area (Å²) in [6.45, 7) is 1.31. The first-order valence-electron chi connectivity index (χ1n) is 6.54. The number of likely N-dealkylation sites (N-methyl/N-ethyl adjacent to an activating group) is 1. The highest BCUT2D eigenvalue weighted by Gasteiger charge is 2.17. The van der Waals surface area contributed by atoms with Crippen molar-refractivity contribution in [3.8, 4) is 0 Å². The van der Waals surface area contributed by atoms with Crippen LogP contribution in [0.5, 0.6) is 0 Å². The molecular weight excluding hydrogens is 270 g/mol. The van der Waals surface area contributed by atoms with Crippen LogP contribution in [0.15, 0.2) is 0 Å². The quantitative estimate of drug-likeness (QED) is 0.523. The number of ether oxygens (including phenoxy) is 1. The molecule has 112 valence electrons. The molecule has 1 heterocycles. The highest BCUT2D eigenvalue weighted by molar-refractivity contribution is 7.89. The van der Waals surface area contributed by atoms with E-state index < -0.39 is 10.0 Å². The maximum atomic E-state index is 11.7. The van der Waals surface area contributed by atoms with Gasteiger partial charge in [-0.05, 0) is 26.3 Å². The van der Waals surface area contributed by atoms with Crippen LogP contribution in [0, 0.1) is 0 Å². The molecule has 3 N–H and O–H groups in total. The van der Waals surface area contributed by atoms with Gasteiger partial charge in [0.2, 0.25) is 15.9 Å². The predicted octanol–water partition coefficient (Wildman–Crippen LogP) is -1.19. The second-order valence-electron chi connectivity index (χ2n) is 4.54. The van der Waals surface area contributed by atoms with Crippen LogP contribution in [0.1, 0.15) is 19.3 Å². The lowest BCUT2D eigenvalue weighted by Gasteiger charge is -2.22. The van der Waals surface area contributed by atoms with Gasteiger partial charge in [-0.15, -0.1) is 0 Å². The van der Waals surface area contributed by atoms with Gasteiger partial charge in [0, 0.05) is 19.7 Å². The molecule has 0 aliphatic carbocycles. The molecule has 0 saturated carbocycles. The van der Waals surface area contributed by atoms with Gasteiger partial charge in [0.05, 0.1) is 18.4 Å². The zero-order valence-electron chi connectivity index (χ0n) is 11.3. The molecule has 19 heavy (non-hydrogen) atoms. The van der Waals surface area contributed by atoms with Crippen LogP contribution in [0.4, 0.5) is 0 Å². The smallest absolute Gasteiger partial charge is 0.233 e. The number of rotatable bonds is 8. The summed E-state index contributed by atoms with van der Waals surface area (Å²) in [5.41, 5.74) is 0. The largest absolute Gasteiger partial charge is 0.377 e. The summed E-state index contributed by atoms with van der Waals surface area (Å²) in [5.74, 6) is -0.330. The van der Waals surface area contributed by atoms with Gasteiger partial charge in [-0.3, -0.25) is 4.79 Å². The number of sulfonamides is 1. The third kappa shape index (κ3) is 7.46. The molecule has 0 radical (unpaired) electrons. The van der Waals surface area contributed by atoms with Crippen LogP contribution in [0.3, 0.4) is 0 Å². The van der Waals surface area contributed by atoms with E-state index in [0.717, 1.165) is 19.3 Å². The Labute approximate surface area is 114 Å². The van der Waals surface area contributed by atoms with Gasteiger partial charge in [0.1, 0.15) is 0 Å². The first kappa shape index (κ1) is 16.4. The Balaban J connectivity index is 2.18. The van der Waals surface area contributed by atoms with Gasteiger partial charge < -0.3 is 15.4 Å². The summed E-state index contributed by atoms with van der Waals surface area (Å²) in [7, 11) is -1.70. The standard InChI is InChI=1S/C11H23N3O4S/c1-12-9-11(15)13-5-7-19(16,17)14-8-10-4-2-3-6-18-10/h10,12,14H,2-9H2,1H3,(H,13,15). The summed E-state index contributed by atoms with van der Waals surface area (Å²) in [5, 5.41) is 5.22. The van der Waals surface area contributed by atoms with Crippen molar-refractivity contribution in [3.05, 3.63) is 0 Å². The minimum atomic E-state index is -3.36. The zero-order valence-corrected chi connectivity index (χ0v) is 12.1. The van der Waals surface area contributed by atoms with Crippen molar-refractivity contribution >= 4 is 15.9 Å². The van der Waals surface area contributed by atoms with E-state index in [1.807, 2.05) is 0 Å². The Morgan fingerprint density at radius 1 is 1.37 bits per heavy atom. The molecule has 0 aromatic rings. The number of amides is 1. The van der Waals surface area contributed by atoms with Gasteiger partial charge in [-0.2, -0.15) is 0 Å². The SMILES string of the molecule is CNCC(=O)NCCS(=O)(=O)NCC1CCCCO1. The van der Waals surface area contributed by atoms with E-state index in [1.54, 1.807) is 7.05 Å². The fourth-order valence-corrected chi connectivity index (χ4v) is 2.76. The third-order valence-corrected chi connectivity index (χ3v) is 4.18. The molecule has 0 aromatic heterocycles. The predicted molar refractivity (Wildman–Crippen MR) is 72.3 cm³/mol. The Morgan fingerprint density at radius 2 is 2.16 bits per heavy atom.